The monoisotopic (exact) mass is 274 g/mol. The fraction of sp³-hybridized carbons (Fsp3) is 0.471. The third kappa shape index (κ3) is 5.36. The minimum absolute atomic E-state index is 0.0217. The molecule has 0 aliphatic heterocycles. The smallest absolute Gasteiger partial charge is 0.304 e. The van der Waals surface area contributed by atoms with Crippen molar-refractivity contribution in [1.82, 2.24) is 0 Å². The summed E-state index contributed by atoms with van der Waals surface area (Å²) >= 11 is 0. The lowest BCUT2D eigenvalue weighted by Crippen LogP contribution is -2.07. The van der Waals surface area contributed by atoms with Crippen LogP contribution in [0, 0.1) is 17.8 Å². The number of hydrogen-bond acceptors (Lipinski definition) is 2. The van der Waals surface area contributed by atoms with Crippen molar-refractivity contribution in [2.45, 2.75) is 39.5 Å². The van der Waals surface area contributed by atoms with Gasteiger partial charge < -0.3 is 9.84 Å². The third-order valence-corrected chi connectivity index (χ3v) is 3.21. The van der Waals surface area contributed by atoms with Crippen LogP contribution < -0.4 is 4.74 Å². The molecule has 0 spiro atoms. The van der Waals surface area contributed by atoms with Crippen LogP contribution in [0.1, 0.15) is 45.1 Å². The molecule has 1 rings (SSSR count). The lowest BCUT2D eigenvalue weighted by atomic mass is 9.96. The minimum atomic E-state index is -0.838. The molecule has 0 saturated carbocycles. The molecule has 108 valence electrons. The topological polar surface area (TPSA) is 46.5 Å². The first-order valence-corrected chi connectivity index (χ1v) is 6.93. The summed E-state index contributed by atoms with van der Waals surface area (Å²) in [4.78, 5) is 10.8. The Balaban J connectivity index is 2.72. The van der Waals surface area contributed by atoms with E-state index in [9.17, 15) is 4.79 Å². The number of hydrogen-bond donors (Lipinski definition) is 1. The maximum atomic E-state index is 10.8. The van der Waals surface area contributed by atoms with Crippen molar-refractivity contribution in [1.29, 1.82) is 0 Å². The highest BCUT2D eigenvalue weighted by molar-refractivity contribution is 5.69. The van der Waals surface area contributed by atoms with Crippen LogP contribution >= 0.6 is 0 Å². The van der Waals surface area contributed by atoms with E-state index in [1.807, 2.05) is 24.3 Å². The average Bonchev–Trinajstić information content (AvgIpc) is 2.44. The Kier molecular flexibility index (Phi) is 6.66. The minimum Gasteiger partial charge on any atom is -0.493 e. The second kappa shape index (κ2) is 8.27. The van der Waals surface area contributed by atoms with Crippen LogP contribution in [0.15, 0.2) is 24.3 Å². The molecule has 0 amide bonds. The Hall–Kier alpha value is -1.95. The fourth-order valence-electron chi connectivity index (χ4n) is 1.75. The zero-order valence-electron chi connectivity index (χ0n) is 12.3. The summed E-state index contributed by atoms with van der Waals surface area (Å²) in [5.74, 6) is 5.97. The number of rotatable bonds is 7. The lowest BCUT2D eigenvalue weighted by molar-refractivity contribution is -0.137. The summed E-state index contributed by atoms with van der Waals surface area (Å²) in [6.45, 7) is 6.70. The molecule has 3 heteroatoms. The van der Waals surface area contributed by atoms with Crippen LogP contribution in [0.2, 0.25) is 0 Å². The molecule has 0 aliphatic rings. The summed E-state index contributed by atoms with van der Waals surface area (Å²) in [5.41, 5.74) is 0.914. The normalized spacial score (nSPS) is 12.9. The third-order valence-electron chi connectivity index (χ3n) is 3.21. The fourth-order valence-corrected chi connectivity index (χ4v) is 1.75. The predicted molar refractivity (Wildman–Crippen MR) is 79.8 cm³/mol. The highest BCUT2D eigenvalue weighted by atomic mass is 16.5. The van der Waals surface area contributed by atoms with Gasteiger partial charge in [-0.1, -0.05) is 38.3 Å². The molecule has 0 aromatic heterocycles. The highest BCUT2D eigenvalue weighted by Crippen LogP contribution is 2.22. The van der Waals surface area contributed by atoms with Gasteiger partial charge in [-0.2, -0.15) is 0 Å². The zero-order chi connectivity index (χ0) is 15.0. The van der Waals surface area contributed by atoms with Crippen LogP contribution in [0.25, 0.3) is 0 Å². The molecule has 0 fully saturated rings. The molecular formula is C17H22O3. The van der Waals surface area contributed by atoms with E-state index in [0.717, 1.165) is 17.7 Å². The van der Waals surface area contributed by atoms with Gasteiger partial charge in [0.1, 0.15) is 5.75 Å². The molecule has 20 heavy (non-hydrogen) atoms. The largest absolute Gasteiger partial charge is 0.493 e. The van der Waals surface area contributed by atoms with E-state index in [-0.39, 0.29) is 12.3 Å². The van der Waals surface area contributed by atoms with Crippen molar-refractivity contribution < 1.29 is 14.6 Å². The first kappa shape index (κ1) is 16.1. The van der Waals surface area contributed by atoms with Gasteiger partial charge >= 0.3 is 5.97 Å². The Bertz CT molecular complexity index is 479. The molecule has 1 N–H and O–H groups in total. The van der Waals surface area contributed by atoms with Gasteiger partial charge in [0, 0.05) is 0 Å². The summed E-state index contributed by atoms with van der Waals surface area (Å²) < 4.78 is 5.68. The van der Waals surface area contributed by atoms with Crippen LogP contribution in [-0.4, -0.2) is 17.7 Å². The average molecular weight is 274 g/mol. The Morgan fingerprint density at radius 2 is 2.00 bits per heavy atom. The predicted octanol–water partition coefficient (Wildman–Crippen LogP) is 3.69. The van der Waals surface area contributed by atoms with Gasteiger partial charge in [0.05, 0.1) is 18.9 Å². The lowest BCUT2D eigenvalue weighted by Gasteiger charge is -2.13. The second-order valence-electron chi connectivity index (χ2n) is 4.94. The van der Waals surface area contributed by atoms with Gasteiger partial charge in [-0.3, -0.25) is 4.79 Å². The van der Waals surface area contributed by atoms with E-state index in [1.165, 1.54) is 0 Å². The van der Waals surface area contributed by atoms with Crippen molar-refractivity contribution >= 4 is 5.97 Å². The van der Waals surface area contributed by atoms with E-state index in [1.54, 1.807) is 6.92 Å². The van der Waals surface area contributed by atoms with E-state index < -0.39 is 5.97 Å². The van der Waals surface area contributed by atoms with Crippen LogP contribution in [-0.2, 0) is 4.79 Å². The van der Waals surface area contributed by atoms with Gasteiger partial charge in [-0.15, -0.1) is 5.92 Å². The van der Waals surface area contributed by atoms with Gasteiger partial charge in [0.25, 0.3) is 0 Å². The van der Waals surface area contributed by atoms with Crippen LogP contribution in [0.5, 0.6) is 5.75 Å². The molecule has 1 aromatic rings. The molecule has 0 radical (unpaired) electrons. The number of carbonyl (C=O) groups is 1. The van der Waals surface area contributed by atoms with Gasteiger partial charge in [0.15, 0.2) is 0 Å². The molecule has 0 unspecified atom stereocenters. The van der Waals surface area contributed by atoms with E-state index in [4.69, 9.17) is 9.84 Å². The number of ether oxygens (including phenoxy) is 1. The standard InChI is InChI=1S/C17H22O3/c1-4-6-15(11-17(18)19)14-7-9-16(10-8-14)20-12-13(3)5-2/h7-10,13,15H,5,11-12H2,1-3H3,(H,18,19)/t13-,15+/m1/s1. The SMILES string of the molecule is CC#C[C@@H](CC(=O)O)c1ccc(OC[C@H](C)CC)cc1. The maximum Gasteiger partial charge on any atom is 0.304 e. The molecule has 0 bridgehead atoms. The summed E-state index contributed by atoms with van der Waals surface area (Å²) in [6.07, 6.45) is 1.11. The van der Waals surface area contributed by atoms with Crippen molar-refractivity contribution in [3.05, 3.63) is 29.8 Å². The van der Waals surface area contributed by atoms with Gasteiger partial charge in [-0.05, 0) is 30.5 Å². The van der Waals surface area contributed by atoms with Crippen LogP contribution in [0.4, 0.5) is 0 Å². The van der Waals surface area contributed by atoms with Crippen molar-refractivity contribution in [2.75, 3.05) is 6.61 Å². The van der Waals surface area contributed by atoms with E-state index >= 15 is 0 Å². The summed E-state index contributed by atoms with van der Waals surface area (Å²) in [5, 5.41) is 8.91. The first-order chi connectivity index (χ1) is 9.56. The molecule has 1 aromatic carbocycles. The maximum absolute atomic E-state index is 10.8. The number of carboxylic acids is 1. The van der Waals surface area contributed by atoms with Crippen LogP contribution in [0.3, 0.4) is 0 Å². The number of aliphatic carboxylic acids is 1. The Morgan fingerprint density at radius 3 is 2.50 bits per heavy atom. The summed E-state index contributed by atoms with van der Waals surface area (Å²) in [6, 6.07) is 7.54. The molecule has 2 atom stereocenters. The molecule has 0 heterocycles. The van der Waals surface area contributed by atoms with Crippen molar-refractivity contribution in [3.63, 3.8) is 0 Å². The summed E-state index contributed by atoms with van der Waals surface area (Å²) in [7, 11) is 0. The zero-order valence-corrected chi connectivity index (χ0v) is 12.3. The molecule has 3 nitrogen and oxygen atoms in total. The number of benzene rings is 1. The van der Waals surface area contributed by atoms with Gasteiger partial charge in [-0.25, -0.2) is 0 Å². The van der Waals surface area contributed by atoms with Gasteiger partial charge in [0.2, 0.25) is 0 Å². The Labute approximate surface area is 121 Å². The van der Waals surface area contributed by atoms with E-state index in [0.29, 0.717) is 12.5 Å². The quantitative estimate of drug-likeness (QED) is 0.771. The van der Waals surface area contributed by atoms with Crippen molar-refractivity contribution in [2.24, 2.45) is 5.92 Å². The second-order valence-corrected chi connectivity index (χ2v) is 4.94. The molecule has 0 aliphatic carbocycles. The Morgan fingerprint density at radius 1 is 1.35 bits per heavy atom. The molecular weight excluding hydrogens is 252 g/mol. The first-order valence-electron chi connectivity index (χ1n) is 6.93. The van der Waals surface area contributed by atoms with Crippen molar-refractivity contribution in [3.8, 4) is 17.6 Å². The molecule has 0 saturated heterocycles. The van der Waals surface area contributed by atoms with E-state index in [2.05, 4.69) is 25.7 Å². The highest BCUT2D eigenvalue weighted by Gasteiger charge is 2.13. The number of carboxylic acid groups (broad SMARTS) is 1.